The summed E-state index contributed by atoms with van der Waals surface area (Å²) in [6.45, 7) is 0. The zero-order valence-electron chi connectivity index (χ0n) is 7.95. The molecular weight excluding hydrogens is 276 g/mol. The van der Waals surface area contributed by atoms with Gasteiger partial charge in [0.05, 0.1) is 0 Å². The van der Waals surface area contributed by atoms with Crippen molar-refractivity contribution in [3.63, 3.8) is 0 Å². The average Bonchev–Trinajstić information content (AvgIpc) is 2.68. The lowest BCUT2D eigenvalue weighted by atomic mass is 10.4. The summed E-state index contributed by atoms with van der Waals surface area (Å²) in [7, 11) is 0. The van der Waals surface area contributed by atoms with Gasteiger partial charge in [-0.1, -0.05) is 0 Å². The number of aromatic nitrogens is 3. The fourth-order valence-corrected chi connectivity index (χ4v) is 1.44. The fraction of sp³-hybridized carbons (Fsp3) is 0. The lowest BCUT2D eigenvalue weighted by Crippen LogP contribution is -2.15. The van der Waals surface area contributed by atoms with Crippen LogP contribution < -0.4 is 10.9 Å². The zero-order chi connectivity index (χ0) is 11.5. The Morgan fingerprint density at radius 2 is 2.25 bits per heavy atom. The maximum atomic E-state index is 11.6. The van der Waals surface area contributed by atoms with Crippen LogP contribution in [-0.4, -0.2) is 21.1 Å². The largest absolute Gasteiger partial charge is 0.356 e. The van der Waals surface area contributed by atoms with Crippen LogP contribution in [0.15, 0.2) is 33.7 Å². The number of nitrogens with zero attached hydrogens (tertiary/aromatic N) is 1. The van der Waals surface area contributed by atoms with Gasteiger partial charge in [-0.3, -0.25) is 9.59 Å². The minimum Gasteiger partial charge on any atom is -0.356 e. The quantitative estimate of drug-likeness (QED) is 0.771. The van der Waals surface area contributed by atoms with E-state index in [9.17, 15) is 9.59 Å². The number of H-pyrrole nitrogens is 2. The van der Waals surface area contributed by atoms with Crippen LogP contribution in [0.2, 0.25) is 0 Å². The molecule has 2 aromatic rings. The van der Waals surface area contributed by atoms with Gasteiger partial charge >= 0.3 is 0 Å². The van der Waals surface area contributed by atoms with E-state index in [4.69, 9.17) is 0 Å². The lowest BCUT2D eigenvalue weighted by molar-refractivity contribution is 0.102. The van der Waals surface area contributed by atoms with Crippen molar-refractivity contribution in [2.45, 2.75) is 0 Å². The van der Waals surface area contributed by atoms with Crippen molar-refractivity contribution in [2.24, 2.45) is 0 Å². The molecule has 0 aliphatic rings. The van der Waals surface area contributed by atoms with E-state index in [0.717, 1.165) is 4.47 Å². The third-order valence-electron chi connectivity index (χ3n) is 1.81. The first-order valence-corrected chi connectivity index (χ1v) is 5.15. The van der Waals surface area contributed by atoms with E-state index in [0.29, 0.717) is 5.69 Å². The van der Waals surface area contributed by atoms with Gasteiger partial charge in [-0.2, -0.15) is 5.10 Å². The Balaban J connectivity index is 2.13. The second kappa shape index (κ2) is 4.31. The molecule has 0 radical (unpaired) electrons. The smallest absolute Gasteiger partial charge is 0.273 e. The van der Waals surface area contributed by atoms with E-state index < -0.39 is 0 Å². The first kappa shape index (κ1) is 10.6. The Labute approximate surface area is 98.2 Å². The van der Waals surface area contributed by atoms with Crippen LogP contribution in [0.3, 0.4) is 0 Å². The maximum absolute atomic E-state index is 11.6. The number of hydrogen-bond donors (Lipinski definition) is 3. The highest BCUT2D eigenvalue weighted by atomic mass is 79.9. The fourth-order valence-electron chi connectivity index (χ4n) is 1.10. The second-order valence-electron chi connectivity index (χ2n) is 2.99. The molecule has 0 fully saturated rings. The third-order valence-corrected chi connectivity index (χ3v) is 2.27. The maximum Gasteiger partial charge on any atom is 0.273 e. The van der Waals surface area contributed by atoms with Gasteiger partial charge in [-0.05, 0) is 28.1 Å². The van der Waals surface area contributed by atoms with E-state index in [1.165, 1.54) is 12.1 Å². The highest BCUT2D eigenvalue weighted by molar-refractivity contribution is 9.10. The molecule has 0 bridgehead atoms. The van der Waals surface area contributed by atoms with Crippen molar-refractivity contribution in [3.8, 4) is 0 Å². The first-order chi connectivity index (χ1) is 7.65. The number of aromatic amines is 2. The van der Waals surface area contributed by atoms with Crippen molar-refractivity contribution in [1.82, 2.24) is 15.2 Å². The van der Waals surface area contributed by atoms with E-state index in [2.05, 4.69) is 36.4 Å². The monoisotopic (exact) mass is 282 g/mol. The Bertz CT molecular complexity index is 554. The Kier molecular flexibility index (Phi) is 2.86. The highest BCUT2D eigenvalue weighted by Crippen LogP contribution is 2.11. The molecule has 0 unspecified atom stereocenters. The standard InChI is InChI=1S/C9H7BrN4O2/c10-5-3-6(11-4-5)9(16)12-7-1-2-8(15)14-13-7/h1-4,11H,(H,14,15)(H,12,13,16). The summed E-state index contributed by atoms with van der Waals surface area (Å²) < 4.78 is 0.784. The van der Waals surface area contributed by atoms with E-state index in [1.54, 1.807) is 12.3 Å². The molecule has 7 heteroatoms. The Morgan fingerprint density at radius 3 is 2.81 bits per heavy atom. The summed E-state index contributed by atoms with van der Waals surface area (Å²) in [4.78, 5) is 25.1. The number of hydrogen-bond acceptors (Lipinski definition) is 3. The summed E-state index contributed by atoms with van der Waals surface area (Å²) in [5.41, 5.74) is 0.0838. The van der Waals surface area contributed by atoms with Crippen LogP contribution in [0.25, 0.3) is 0 Å². The molecule has 16 heavy (non-hydrogen) atoms. The summed E-state index contributed by atoms with van der Waals surface area (Å²) in [5.74, 6) is -0.0411. The Hall–Kier alpha value is -1.89. The molecule has 2 rings (SSSR count). The van der Waals surface area contributed by atoms with Gasteiger partial charge in [0.2, 0.25) is 0 Å². The van der Waals surface area contributed by atoms with Gasteiger partial charge < -0.3 is 10.3 Å². The average molecular weight is 283 g/mol. The van der Waals surface area contributed by atoms with Crippen molar-refractivity contribution >= 4 is 27.7 Å². The van der Waals surface area contributed by atoms with Crippen LogP contribution in [-0.2, 0) is 0 Å². The molecule has 2 aromatic heterocycles. The molecule has 6 nitrogen and oxygen atoms in total. The van der Waals surface area contributed by atoms with Crippen molar-refractivity contribution in [2.75, 3.05) is 5.32 Å². The summed E-state index contributed by atoms with van der Waals surface area (Å²) in [5, 5.41) is 8.40. The highest BCUT2D eigenvalue weighted by Gasteiger charge is 2.08. The van der Waals surface area contributed by atoms with Gasteiger partial charge in [0, 0.05) is 16.7 Å². The number of carbonyl (C=O) groups is 1. The third kappa shape index (κ3) is 2.37. The molecule has 2 heterocycles. The molecule has 1 amide bonds. The predicted molar refractivity (Wildman–Crippen MR) is 61.3 cm³/mol. The van der Waals surface area contributed by atoms with Crippen LogP contribution in [0, 0.1) is 0 Å². The van der Waals surface area contributed by atoms with Gasteiger partial charge in [0.15, 0.2) is 5.82 Å². The molecule has 0 aliphatic carbocycles. The van der Waals surface area contributed by atoms with Crippen LogP contribution in [0.5, 0.6) is 0 Å². The van der Waals surface area contributed by atoms with Crippen molar-refractivity contribution in [1.29, 1.82) is 0 Å². The molecule has 0 atom stereocenters. The van der Waals surface area contributed by atoms with Crippen molar-refractivity contribution < 1.29 is 4.79 Å². The molecule has 0 spiro atoms. The number of rotatable bonds is 2. The zero-order valence-corrected chi connectivity index (χ0v) is 9.54. The SMILES string of the molecule is O=C(Nc1ccc(=O)[nH]n1)c1cc(Br)c[nH]1. The van der Waals surface area contributed by atoms with E-state index in [-0.39, 0.29) is 17.3 Å². The number of nitrogens with one attached hydrogen (secondary N) is 3. The molecule has 82 valence electrons. The summed E-state index contributed by atoms with van der Waals surface area (Å²) in [6, 6.07) is 4.35. The lowest BCUT2D eigenvalue weighted by Gasteiger charge is -2.00. The number of halogens is 1. The number of amides is 1. The summed E-state index contributed by atoms with van der Waals surface area (Å²) in [6.07, 6.45) is 1.65. The minimum absolute atomic E-state index is 0.287. The van der Waals surface area contributed by atoms with E-state index >= 15 is 0 Å². The van der Waals surface area contributed by atoms with Crippen molar-refractivity contribution in [3.05, 3.63) is 44.9 Å². The number of carbonyl (C=O) groups excluding carboxylic acids is 1. The van der Waals surface area contributed by atoms with Crippen LogP contribution in [0.1, 0.15) is 10.5 Å². The second-order valence-corrected chi connectivity index (χ2v) is 3.91. The Morgan fingerprint density at radius 1 is 1.44 bits per heavy atom. The van der Waals surface area contributed by atoms with Crippen LogP contribution >= 0.6 is 15.9 Å². The number of anilines is 1. The molecule has 0 saturated heterocycles. The van der Waals surface area contributed by atoms with E-state index in [1.807, 2.05) is 0 Å². The van der Waals surface area contributed by atoms with Gasteiger partial charge in [-0.25, -0.2) is 5.10 Å². The van der Waals surface area contributed by atoms with Gasteiger partial charge in [0.25, 0.3) is 11.5 Å². The summed E-state index contributed by atoms with van der Waals surface area (Å²) >= 11 is 3.22. The first-order valence-electron chi connectivity index (χ1n) is 4.36. The molecule has 0 saturated carbocycles. The molecular formula is C9H7BrN4O2. The minimum atomic E-state index is -0.328. The van der Waals surface area contributed by atoms with Gasteiger partial charge in [0.1, 0.15) is 5.69 Å². The molecule has 0 aliphatic heterocycles. The predicted octanol–water partition coefficient (Wildman–Crippen LogP) is 1.11. The van der Waals surface area contributed by atoms with Crippen LogP contribution in [0.4, 0.5) is 5.82 Å². The molecule has 3 N–H and O–H groups in total. The molecule has 0 aromatic carbocycles. The van der Waals surface area contributed by atoms with Gasteiger partial charge in [-0.15, -0.1) is 0 Å². The normalized spacial score (nSPS) is 10.1. The topological polar surface area (TPSA) is 90.6 Å².